The van der Waals surface area contributed by atoms with Gasteiger partial charge in [0.15, 0.2) is 0 Å². The molecule has 1 saturated carbocycles. The van der Waals surface area contributed by atoms with Gasteiger partial charge in [0.25, 0.3) is 0 Å². The molecule has 0 aliphatic heterocycles. The lowest BCUT2D eigenvalue weighted by Crippen LogP contribution is -2.40. The van der Waals surface area contributed by atoms with E-state index < -0.39 is 12.1 Å². The average Bonchev–Trinajstić information content (AvgIpc) is 3.24. The van der Waals surface area contributed by atoms with Crippen molar-refractivity contribution in [2.75, 3.05) is 6.61 Å². The third-order valence-electron chi connectivity index (χ3n) is 5.42. The van der Waals surface area contributed by atoms with Crippen molar-refractivity contribution in [3.05, 3.63) is 66.0 Å². The minimum atomic E-state index is -5.08. The number of aromatic nitrogens is 2. The van der Waals surface area contributed by atoms with Gasteiger partial charge in [0, 0.05) is 12.0 Å². The van der Waals surface area contributed by atoms with E-state index in [1.54, 1.807) is 0 Å². The van der Waals surface area contributed by atoms with Crippen LogP contribution in [-0.4, -0.2) is 45.8 Å². The molecule has 34 heavy (non-hydrogen) atoms. The Morgan fingerprint density at radius 2 is 1.76 bits per heavy atom. The molecule has 0 radical (unpaired) electrons. The fraction of sp³-hybridized carbons (Fsp3) is 0.375. The molecule has 2 aromatic carbocycles. The molecular weight excluding hydrogens is 451 g/mol. The van der Waals surface area contributed by atoms with Gasteiger partial charge in [-0.3, -0.25) is 4.79 Å². The highest BCUT2D eigenvalue weighted by Crippen LogP contribution is 2.32. The standard InChI is InChI=1S/C22H25N3O2.C2HF3O2/c26-21(15-27-14-16-7-2-1-3-8-16)23-18-10-6-9-17(13-18)22-24-19-11-4-5-12-20(19)25-22;3-2(4,5)1(6)7/h1-5,7-8,11-12,17-18H,6,9-10,13-15H2,(H,23,26)(H,24,25);(H,6,7). The molecule has 7 nitrogen and oxygen atoms in total. The summed E-state index contributed by atoms with van der Waals surface area (Å²) in [4.78, 5) is 29.3. The number of ether oxygens (including phenoxy) is 1. The van der Waals surface area contributed by atoms with Crippen molar-refractivity contribution in [3.8, 4) is 0 Å². The number of carbonyl (C=O) groups excluding carboxylic acids is 1. The summed E-state index contributed by atoms with van der Waals surface area (Å²) >= 11 is 0. The van der Waals surface area contributed by atoms with E-state index in [1.807, 2.05) is 48.5 Å². The maximum Gasteiger partial charge on any atom is 0.490 e. The predicted octanol–water partition coefficient (Wildman–Crippen LogP) is 4.56. The van der Waals surface area contributed by atoms with Crippen LogP contribution in [0, 0.1) is 0 Å². The molecule has 0 bridgehead atoms. The van der Waals surface area contributed by atoms with Gasteiger partial charge >= 0.3 is 12.1 Å². The number of halogens is 3. The molecule has 3 N–H and O–H groups in total. The number of carboxylic acid groups (broad SMARTS) is 1. The Labute approximate surface area is 194 Å². The fourth-order valence-corrected chi connectivity index (χ4v) is 3.84. The number of para-hydroxylation sites is 2. The van der Waals surface area contributed by atoms with E-state index in [-0.39, 0.29) is 18.6 Å². The Morgan fingerprint density at radius 1 is 1.09 bits per heavy atom. The molecule has 1 amide bonds. The molecule has 1 aliphatic rings. The third-order valence-corrected chi connectivity index (χ3v) is 5.42. The van der Waals surface area contributed by atoms with Gasteiger partial charge in [0.1, 0.15) is 12.4 Å². The molecule has 2 unspecified atom stereocenters. The molecule has 3 aromatic rings. The van der Waals surface area contributed by atoms with Crippen molar-refractivity contribution in [3.63, 3.8) is 0 Å². The molecule has 0 spiro atoms. The van der Waals surface area contributed by atoms with Gasteiger partial charge in [-0.1, -0.05) is 48.9 Å². The van der Waals surface area contributed by atoms with Gasteiger partial charge < -0.3 is 20.1 Å². The number of aromatic amines is 1. The zero-order valence-electron chi connectivity index (χ0n) is 18.3. The van der Waals surface area contributed by atoms with Crippen LogP contribution in [0.15, 0.2) is 54.6 Å². The molecule has 0 saturated heterocycles. The van der Waals surface area contributed by atoms with Gasteiger partial charge in [-0.25, -0.2) is 9.78 Å². The molecule has 1 heterocycles. The van der Waals surface area contributed by atoms with Crippen molar-refractivity contribution in [1.29, 1.82) is 0 Å². The molecule has 10 heteroatoms. The number of H-pyrrole nitrogens is 1. The van der Waals surface area contributed by atoms with Gasteiger partial charge in [-0.05, 0) is 37.0 Å². The SMILES string of the molecule is O=C(COCc1ccccc1)NC1CCCC(c2nc3ccccc3[nH]2)C1.O=C(O)C(F)(F)F. The monoisotopic (exact) mass is 477 g/mol. The summed E-state index contributed by atoms with van der Waals surface area (Å²) in [5, 5.41) is 10.3. The highest BCUT2D eigenvalue weighted by atomic mass is 19.4. The maximum atomic E-state index is 12.2. The number of nitrogens with one attached hydrogen (secondary N) is 2. The van der Waals surface area contributed by atoms with E-state index in [2.05, 4.69) is 16.4 Å². The number of imidazole rings is 1. The van der Waals surface area contributed by atoms with Crippen LogP contribution in [0.4, 0.5) is 13.2 Å². The molecule has 1 fully saturated rings. The smallest absolute Gasteiger partial charge is 0.475 e. The largest absolute Gasteiger partial charge is 0.490 e. The second-order valence-corrected chi connectivity index (χ2v) is 8.05. The van der Waals surface area contributed by atoms with Crippen LogP contribution in [0.25, 0.3) is 11.0 Å². The van der Waals surface area contributed by atoms with Gasteiger partial charge in [-0.15, -0.1) is 0 Å². The number of hydrogen-bond donors (Lipinski definition) is 3. The van der Waals surface area contributed by atoms with E-state index in [1.165, 1.54) is 0 Å². The van der Waals surface area contributed by atoms with Gasteiger partial charge in [0.05, 0.1) is 17.6 Å². The highest BCUT2D eigenvalue weighted by molar-refractivity contribution is 5.77. The lowest BCUT2D eigenvalue weighted by atomic mass is 9.85. The first kappa shape index (κ1) is 25.2. The van der Waals surface area contributed by atoms with Gasteiger partial charge in [-0.2, -0.15) is 13.2 Å². The lowest BCUT2D eigenvalue weighted by molar-refractivity contribution is -0.192. The summed E-state index contributed by atoms with van der Waals surface area (Å²) in [6, 6.07) is 18.2. The number of nitrogens with zero attached hydrogens (tertiary/aromatic N) is 1. The summed E-state index contributed by atoms with van der Waals surface area (Å²) in [6.07, 6.45) is -0.945. The summed E-state index contributed by atoms with van der Waals surface area (Å²) in [6.45, 7) is 0.557. The summed E-state index contributed by atoms with van der Waals surface area (Å²) < 4.78 is 37.3. The number of carbonyl (C=O) groups is 2. The van der Waals surface area contributed by atoms with E-state index >= 15 is 0 Å². The van der Waals surface area contributed by atoms with E-state index in [9.17, 15) is 18.0 Å². The normalized spacial score (nSPS) is 18.1. The number of alkyl halides is 3. The Kier molecular flexibility index (Phi) is 8.64. The quantitative estimate of drug-likeness (QED) is 0.483. The summed E-state index contributed by atoms with van der Waals surface area (Å²) in [5.74, 6) is -1.40. The molecule has 4 rings (SSSR count). The number of hydrogen-bond acceptors (Lipinski definition) is 4. The second kappa shape index (κ2) is 11.6. The van der Waals surface area contributed by atoms with E-state index in [4.69, 9.17) is 19.6 Å². The zero-order valence-corrected chi connectivity index (χ0v) is 18.3. The van der Waals surface area contributed by atoms with Crippen LogP contribution in [0.5, 0.6) is 0 Å². The van der Waals surface area contributed by atoms with Crippen molar-refractivity contribution in [2.45, 2.75) is 50.4 Å². The highest BCUT2D eigenvalue weighted by Gasteiger charge is 2.38. The summed E-state index contributed by atoms with van der Waals surface area (Å²) in [7, 11) is 0. The minimum absolute atomic E-state index is 0.0406. The molecule has 2 atom stereocenters. The van der Waals surface area contributed by atoms with Crippen LogP contribution >= 0.6 is 0 Å². The number of benzene rings is 2. The zero-order chi connectivity index (χ0) is 24.6. The summed E-state index contributed by atoms with van der Waals surface area (Å²) in [5.41, 5.74) is 3.16. The number of amides is 1. The third kappa shape index (κ3) is 7.58. The lowest BCUT2D eigenvalue weighted by Gasteiger charge is -2.28. The van der Waals surface area contributed by atoms with Crippen molar-refractivity contribution >= 4 is 22.9 Å². The van der Waals surface area contributed by atoms with Crippen LogP contribution in [0.3, 0.4) is 0 Å². The van der Waals surface area contributed by atoms with Crippen LogP contribution in [0.2, 0.25) is 0 Å². The first-order valence-corrected chi connectivity index (χ1v) is 10.9. The first-order chi connectivity index (χ1) is 16.2. The van der Waals surface area contributed by atoms with E-state index in [0.717, 1.165) is 48.1 Å². The molecule has 1 aromatic heterocycles. The van der Waals surface area contributed by atoms with E-state index in [0.29, 0.717) is 12.5 Å². The van der Waals surface area contributed by atoms with Crippen LogP contribution < -0.4 is 5.32 Å². The van der Waals surface area contributed by atoms with Crippen molar-refractivity contribution in [1.82, 2.24) is 15.3 Å². The maximum absolute atomic E-state index is 12.2. The Bertz CT molecular complexity index is 1050. The fourth-order valence-electron chi connectivity index (χ4n) is 3.84. The number of carboxylic acids is 1. The number of aliphatic carboxylic acids is 1. The van der Waals surface area contributed by atoms with Crippen molar-refractivity contribution < 1.29 is 32.6 Å². The first-order valence-electron chi connectivity index (χ1n) is 10.9. The Hall–Kier alpha value is -3.40. The second-order valence-electron chi connectivity index (χ2n) is 8.05. The van der Waals surface area contributed by atoms with Crippen molar-refractivity contribution in [2.24, 2.45) is 0 Å². The minimum Gasteiger partial charge on any atom is -0.475 e. The van der Waals surface area contributed by atoms with Crippen LogP contribution in [0.1, 0.15) is 43.0 Å². The van der Waals surface area contributed by atoms with Crippen LogP contribution in [-0.2, 0) is 20.9 Å². The molecular formula is C24H26F3N3O4. The number of fused-ring (bicyclic) bond motifs is 1. The number of rotatable bonds is 6. The Balaban J connectivity index is 0.000000406. The topological polar surface area (TPSA) is 104 Å². The molecule has 1 aliphatic carbocycles. The Morgan fingerprint density at radius 3 is 2.44 bits per heavy atom. The molecule has 182 valence electrons. The van der Waals surface area contributed by atoms with Gasteiger partial charge in [0.2, 0.25) is 5.91 Å². The predicted molar refractivity (Wildman–Crippen MR) is 119 cm³/mol. The average molecular weight is 477 g/mol.